The van der Waals surface area contributed by atoms with E-state index in [1.54, 1.807) is 25.3 Å². The fourth-order valence-corrected chi connectivity index (χ4v) is 4.52. The van der Waals surface area contributed by atoms with Gasteiger partial charge in [-0.3, -0.25) is 4.79 Å². The Bertz CT molecular complexity index is 1100. The summed E-state index contributed by atoms with van der Waals surface area (Å²) in [4.78, 5) is 13.3. The highest BCUT2D eigenvalue weighted by atomic mass is 32.2. The minimum absolute atomic E-state index is 0.110. The summed E-state index contributed by atoms with van der Waals surface area (Å²) in [5.41, 5.74) is 1.66. The number of benzene rings is 3. The second-order valence-electron chi connectivity index (χ2n) is 7.15. The average Bonchev–Trinajstić information content (AvgIpc) is 2.79. The molecule has 0 radical (unpaired) electrons. The number of hydrogen-bond donors (Lipinski definition) is 2. The van der Waals surface area contributed by atoms with Gasteiger partial charge in [-0.15, -0.1) is 0 Å². The third-order valence-electron chi connectivity index (χ3n) is 4.91. The van der Waals surface area contributed by atoms with Crippen LogP contribution in [-0.2, 0) is 21.2 Å². The van der Waals surface area contributed by atoms with Gasteiger partial charge in [0, 0.05) is 5.56 Å². The lowest BCUT2D eigenvalue weighted by molar-refractivity contribution is -0.123. The minimum Gasteiger partial charge on any atom is -0.496 e. The van der Waals surface area contributed by atoms with Gasteiger partial charge < -0.3 is 10.1 Å². The first kappa shape index (κ1) is 22.5. The van der Waals surface area contributed by atoms with Crippen LogP contribution in [0, 0.1) is 0 Å². The largest absolute Gasteiger partial charge is 0.496 e. The van der Waals surface area contributed by atoms with Crippen LogP contribution in [0.4, 0.5) is 0 Å². The summed E-state index contributed by atoms with van der Waals surface area (Å²) in [6.07, 6.45) is 0.220. The van der Waals surface area contributed by atoms with Gasteiger partial charge in [-0.25, -0.2) is 8.42 Å². The summed E-state index contributed by atoms with van der Waals surface area (Å²) in [5, 5.41) is 2.92. The zero-order chi connectivity index (χ0) is 22.3. The summed E-state index contributed by atoms with van der Waals surface area (Å²) in [7, 11) is -2.30. The quantitative estimate of drug-likeness (QED) is 0.536. The van der Waals surface area contributed by atoms with Crippen molar-refractivity contribution in [3.8, 4) is 5.75 Å². The molecule has 0 aliphatic heterocycles. The van der Waals surface area contributed by atoms with E-state index in [9.17, 15) is 13.2 Å². The highest BCUT2D eigenvalue weighted by molar-refractivity contribution is 7.89. The van der Waals surface area contributed by atoms with Crippen LogP contribution in [0.5, 0.6) is 5.75 Å². The highest BCUT2D eigenvalue weighted by Gasteiger charge is 2.27. The molecule has 1 amide bonds. The van der Waals surface area contributed by atoms with Crippen LogP contribution in [0.2, 0.25) is 0 Å². The van der Waals surface area contributed by atoms with Crippen molar-refractivity contribution in [1.29, 1.82) is 0 Å². The summed E-state index contributed by atoms with van der Waals surface area (Å²) in [5.74, 6) is 0.238. The molecule has 3 rings (SSSR count). The Morgan fingerprint density at radius 3 is 2.13 bits per heavy atom. The van der Waals surface area contributed by atoms with Crippen LogP contribution in [0.1, 0.15) is 24.1 Å². The molecule has 2 N–H and O–H groups in total. The summed E-state index contributed by atoms with van der Waals surface area (Å²) in [6.45, 7) is 1.83. The molecule has 3 aromatic carbocycles. The molecule has 3 aromatic rings. The Hall–Kier alpha value is -3.16. The number of rotatable bonds is 9. The molecule has 0 unspecified atom stereocenters. The normalized spacial score (nSPS) is 13.2. The number of sulfonamides is 1. The van der Waals surface area contributed by atoms with Gasteiger partial charge in [0.1, 0.15) is 11.8 Å². The van der Waals surface area contributed by atoms with Crippen molar-refractivity contribution in [3.05, 3.63) is 96.1 Å². The molecule has 2 atom stereocenters. The van der Waals surface area contributed by atoms with Crippen molar-refractivity contribution in [1.82, 2.24) is 10.0 Å². The Morgan fingerprint density at radius 1 is 0.903 bits per heavy atom. The first-order chi connectivity index (χ1) is 14.9. The zero-order valence-corrected chi connectivity index (χ0v) is 18.3. The van der Waals surface area contributed by atoms with E-state index in [4.69, 9.17) is 4.74 Å². The minimum atomic E-state index is -3.87. The van der Waals surface area contributed by atoms with E-state index < -0.39 is 22.0 Å². The van der Waals surface area contributed by atoms with E-state index in [1.807, 2.05) is 61.5 Å². The van der Waals surface area contributed by atoms with Crippen molar-refractivity contribution >= 4 is 15.9 Å². The molecule has 6 nitrogen and oxygen atoms in total. The standard InChI is InChI=1S/C24H26N2O4S/c1-18(21-15-9-10-16-23(21)30-2)25-24(27)22(17-19-11-5-3-6-12-19)26-31(28,29)20-13-7-4-8-14-20/h3-16,18,22,26H,17H2,1-2H3,(H,25,27)/t18-,22-/m1/s1. The number of carbonyl (C=O) groups is 1. The van der Waals surface area contributed by atoms with E-state index in [1.165, 1.54) is 12.1 Å². The van der Waals surface area contributed by atoms with Crippen LogP contribution in [0.15, 0.2) is 89.8 Å². The summed E-state index contributed by atoms with van der Waals surface area (Å²) < 4.78 is 33.7. The fraction of sp³-hybridized carbons (Fsp3) is 0.208. The molecule has 0 bridgehead atoms. The van der Waals surface area contributed by atoms with Crippen molar-refractivity contribution < 1.29 is 17.9 Å². The lowest BCUT2D eigenvalue weighted by Gasteiger charge is -2.23. The maximum atomic E-state index is 13.2. The van der Waals surface area contributed by atoms with Gasteiger partial charge in [-0.05, 0) is 37.1 Å². The molecule has 0 saturated heterocycles. The molecule has 31 heavy (non-hydrogen) atoms. The van der Waals surface area contributed by atoms with E-state index in [2.05, 4.69) is 10.0 Å². The molecule has 7 heteroatoms. The van der Waals surface area contributed by atoms with Gasteiger partial charge in [-0.2, -0.15) is 4.72 Å². The molecule has 0 heterocycles. The Balaban J connectivity index is 1.84. The van der Waals surface area contributed by atoms with Crippen molar-refractivity contribution in [2.75, 3.05) is 7.11 Å². The molecular formula is C24H26N2O4S. The van der Waals surface area contributed by atoms with E-state index >= 15 is 0 Å². The second-order valence-corrected chi connectivity index (χ2v) is 8.86. The molecule has 0 aliphatic rings. The number of amides is 1. The predicted octanol–water partition coefficient (Wildman–Crippen LogP) is 3.46. The molecule has 0 aliphatic carbocycles. The van der Waals surface area contributed by atoms with Crippen LogP contribution in [0.3, 0.4) is 0 Å². The van der Waals surface area contributed by atoms with E-state index in [0.29, 0.717) is 5.75 Å². The predicted molar refractivity (Wildman–Crippen MR) is 120 cm³/mol. The summed E-state index contributed by atoms with van der Waals surface area (Å²) >= 11 is 0. The zero-order valence-electron chi connectivity index (χ0n) is 17.5. The first-order valence-corrected chi connectivity index (χ1v) is 11.4. The number of carbonyl (C=O) groups excluding carboxylic acids is 1. The summed E-state index contributed by atoms with van der Waals surface area (Å²) in [6, 6.07) is 23.4. The molecule has 162 valence electrons. The highest BCUT2D eigenvalue weighted by Crippen LogP contribution is 2.24. The molecule has 0 aromatic heterocycles. The van der Waals surface area contributed by atoms with Crippen LogP contribution in [-0.4, -0.2) is 27.5 Å². The molecule has 0 spiro atoms. The number of methoxy groups -OCH3 is 1. The maximum absolute atomic E-state index is 13.2. The van der Waals surface area contributed by atoms with Gasteiger partial charge in [0.2, 0.25) is 15.9 Å². The number of para-hydroxylation sites is 1. The van der Waals surface area contributed by atoms with Gasteiger partial charge in [-0.1, -0.05) is 66.7 Å². The Morgan fingerprint density at radius 2 is 1.48 bits per heavy atom. The monoisotopic (exact) mass is 438 g/mol. The van der Waals surface area contributed by atoms with E-state index in [0.717, 1.165) is 11.1 Å². The van der Waals surface area contributed by atoms with Gasteiger partial charge in [0.25, 0.3) is 0 Å². The number of hydrogen-bond acceptors (Lipinski definition) is 4. The van der Waals surface area contributed by atoms with Crippen molar-refractivity contribution in [2.24, 2.45) is 0 Å². The third-order valence-corrected chi connectivity index (χ3v) is 6.40. The first-order valence-electron chi connectivity index (χ1n) is 9.95. The van der Waals surface area contributed by atoms with Crippen LogP contribution in [0.25, 0.3) is 0 Å². The molecule has 0 fully saturated rings. The molecule has 0 saturated carbocycles. The van der Waals surface area contributed by atoms with Crippen LogP contribution < -0.4 is 14.8 Å². The van der Waals surface area contributed by atoms with Crippen LogP contribution >= 0.6 is 0 Å². The van der Waals surface area contributed by atoms with Gasteiger partial charge >= 0.3 is 0 Å². The lowest BCUT2D eigenvalue weighted by atomic mass is 10.0. The number of ether oxygens (including phenoxy) is 1. The third kappa shape index (κ3) is 5.93. The average molecular weight is 439 g/mol. The van der Waals surface area contributed by atoms with E-state index in [-0.39, 0.29) is 17.4 Å². The smallest absolute Gasteiger partial charge is 0.241 e. The van der Waals surface area contributed by atoms with Crippen molar-refractivity contribution in [3.63, 3.8) is 0 Å². The topological polar surface area (TPSA) is 84.5 Å². The second kappa shape index (κ2) is 10.2. The Kier molecular flexibility index (Phi) is 7.44. The Labute approximate surface area is 183 Å². The fourth-order valence-electron chi connectivity index (χ4n) is 3.31. The SMILES string of the molecule is COc1ccccc1[C@@H](C)NC(=O)[C@@H](Cc1ccccc1)NS(=O)(=O)c1ccccc1. The lowest BCUT2D eigenvalue weighted by Crippen LogP contribution is -2.48. The molecular weight excluding hydrogens is 412 g/mol. The van der Waals surface area contributed by atoms with Gasteiger partial charge in [0.15, 0.2) is 0 Å². The maximum Gasteiger partial charge on any atom is 0.241 e. The van der Waals surface area contributed by atoms with Crippen molar-refractivity contribution in [2.45, 2.75) is 30.3 Å². The number of nitrogens with one attached hydrogen (secondary N) is 2. The van der Waals surface area contributed by atoms with Gasteiger partial charge in [0.05, 0.1) is 18.0 Å².